The Kier molecular flexibility index (Phi) is 4.31. The topological polar surface area (TPSA) is 61.5 Å². The van der Waals surface area contributed by atoms with Gasteiger partial charge in [-0.25, -0.2) is 0 Å². The molecule has 4 nitrogen and oxygen atoms in total. The second-order valence-electron chi connectivity index (χ2n) is 3.51. The molecule has 4 heteroatoms. The van der Waals surface area contributed by atoms with Crippen molar-refractivity contribution >= 4 is 5.78 Å². The molecule has 1 rings (SSSR count). The number of carbonyl (C=O) groups excluding carboxylic acids is 1. The third kappa shape index (κ3) is 2.52. The predicted octanol–water partition coefficient (Wildman–Crippen LogP) is 1.54. The van der Waals surface area contributed by atoms with Crippen molar-refractivity contribution in [3.8, 4) is 11.5 Å². The summed E-state index contributed by atoms with van der Waals surface area (Å²) in [6, 6.07) is 3.62. The minimum absolute atomic E-state index is 0.0265. The number of methoxy groups -OCH3 is 2. The van der Waals surface area contributed by atoms with Gasteiger partial charge in [0, 0.05) is 6.42 Å². The molecule has 0 aromatic heterocycles. The molecule has 0 radical (unpaired) electrons. The summed E-state index contributed by atoms with van der Waals surface area (Å²) in [5.41, 5.74) is 6.86. The molecule has 0 fully saturated rings. The molecule has 2 N–H and O–H groups in total. The SMILES string of the molecule is COc1cc(C)cc(C(=O)CCN)c1OC. The van der Waals surface area contributed by atoms with E-state index in [1.54, 1.807) is 13.2 Å². The van der Waals surface area contributed by atoms with Crippen LogP contribution in [0, 0.1) is 6.92 Å². The van der Waals surface area contributed by atoms with Crippen molar-refractivity contribution in [2.75, 3.05) is 20.8 Å². The summed E-state index contributed by atoms with van der Waals surface area (Å²) in [4.78, 5) is 11.8. The van der Waals surface area contributed by atoms with Gasteiger partial charge in [-0.05, 0) is 31.2 Å². The Morgan fingerprint density at radius 3 is 2.50 bits per heavy atom. The maximum atomic E-state index is 11.8. The van der Waals surface area contributed by atoms with E-state index >= 15 is 0 Å². The van der Waals surface area contributed by atoms with E-state index in [0.29, 0.717) is 30.0 Å². The standard InChI is InChI=1S/C12H17NO3/c1-8-6-9(10(14)4-5-13)12(16-3)11(7-8)15-2/h6-7H,4-5,13H2,1-3H3. The van der Waals surface area contributed by atoms with Gasteiger partial charge in [0.15, 0.2) is 17.3 Å². The van der Waals surface area contributed by atoms with Gasteiger partial charge in [0.2, 0.25) is 0 Å². The lowest BCUT2D eigenvalue weighted by Crippen LogP contribution is -2.10. The molecule has 0 atom stereocenters. The normalized spacial score (nSPS) is 10.0. The van der Waals surface area contributed by atoms with Crippen LogP contribution in [-0.2, 0) is 0 Å². The highest BCUT2D eigenvalue weighted by molar-refractivity contribution is 5.99. The van der Waals surface area contributed by atoms with Gasteiger partial charge >= 0.3 is 0 Å². The van der Waals surface area contributed by atoms with E-state index < -0.39 is 0 Å². The van der Waals surface area contributed by atoms with Crippen LogP contribution in [0.1, 0.15) is 22.3 Å². The zero-order valence-corrected chi connectivity index (χ0v) is 9.87. The number of hydrogen-bond acceptors (Lipinski definition) is 4. The largest absolute Gasteiger partial charge is 0.493 e. The van der Waals surface area contributed by atoms with E-state index in [0.717, 1.165) is 5.56 Å². The lowest BCUT2D eigenvalue weighted by molar-refractivity contribution is 0.0981. The number of carbonyl (C=O) groups is 1. The van der Waals surface area contributed by atoms with Gasteiger partial charge in [0.05, 0.1) is 19.8 Å². The van der Waals surface area contributed by atoms with Crippen molar-refractivity contribution in [1.29, 1.82) is 0 Å². The third-order valence-electron chi connectivity index (χ3n) is 2.30. The van der Waals surface area contributed by atoms with Crippen LogP contribution in [-0.4, -0.2) is 26.5 Å². The Morgan fingerprint density at radius 1 is 1.31 bits per heavy atom. The Balaban J connectivity index is 3.24. The average molecular weight is 223 g/mol. The summed E-state index contributed by atoms with van der Waals surface area (Å²) >= 11 is 0. The zero-order chi connectivity index (χ0) is 12.1. The number of nitrogens with two attached hydrogens (primary N) is 1. The minimum atomic E-state index is -0.0265. The Hall–Kier alpha value is -1.55. The highest BCUT2D eigenvalue weighted by atomic mass is 16.5. The second-order valence-corrected chi connectivity index (χ2v) is 3.51. The van der Waals surface area contributed by atoms with Crippen LogP contribution in [0.15, 0.2) is 12.1 Å². The summed E-state index contributed by atoms with van der Waals surface area (Å²) in [6.07, 6.45) is 0.308. The van der Waals surface area contributed by atoms with Crippen molar-refractivity contribution in [3.05, 3.63) is 23.3 Å². The molecule has 0 spiro atoms. The van der Waals surface area contributed by atoms with Crippen molar-refractivity contribution in [2.45, 2.75) is 13.3 Å². The summed E-state index contributed by atoms with van der Waals surface area (Å²) in [5.74, 6) is 1.02. The predicted molar refractivity (Wildman–Crippen MR) is 62.3 cm³/mol. The number of rotatable bonds is 5. The van der Waals surface area contributed by atoms with E-state index in [1.165, 1.54) is 7.11 Å². The second kappa shape index (κ2) is 5.51. The molecule has 1 aromatic rings. The average Bonchev–Trinajstić information content (AvgIpc) is 2.28. The smallest absolute Gasteiger partial charge is 0.171 e. The van der Waals surface area contributed by atoms with Gasteiger partial charge in [-0.3, -0.25) is 4.79 Å². The van der Waals surface area contributed by atoms with E-state index in [4.69, 9.17) is 15.2 Å². The lowest BCUT2D eigenvalue weighted by Gasteiger charge is -2.12. The van der Waals surface area contributed by atoms with Gasteiger partial charge < -0.3 is 15.2 Å². The quantitative estimate of drug-likeness (QED) is 0.769. The maximum absolute atomic E-state index is 11.8. The highest BCUT2D eigenvalue weighted by Gasteiger charge is 2.16. The fraction of sp³-hybridized carbons (Fsp3) is 0.417. The van der Waals surface area contributed by atoms with Crippen molar-refractivity contribution in [1.82, 2.24) is 0 Å². The van der Waals surface area contributed by atoms with Crippen LogP contribution in [0.25, 0.3) is 0 Å². The minimum Gasteiger partial charge on any atom is -0.493 e. The van der Waals surface area contributed by atoms with Crippen molar-refractivity contribution in [3.63, 3.8) is 0 Å². The highest BCUT2D eigenvalue weighted by Crippen LogP contribution is 2.33. The number of Topliss-reactive ketones (excluding diaryl/α,β-unsaturated/α-hetero) is 1. The van der Waals surface area contributed by atoms with E-state index in [9.17, 15) is 4.79 Å². The molecule has 0 heterocycles. The van der Waals surface area contributed by atoms with Gasteiger partial charge in [0.1, 0.15) is 0 Å². The molecule has 88 valence electrons. The summed E-state index contributed by atoms with van der Waals surface area (Å²) in [7, 11) is 3.07. The summed E-state index contributed by atoms with van der Waals surface area (Å²) < 4.78 is 10.4. The number of hydrogen-bond donors (Lipinski definition) is 1. The molecule has 0 unspecified atom stereocenters. The first-order valence-electron chi connectivity index (χ1n) is 5.10. The van der Waals surface area contributed by atoms with Crippen molar-refractivity contribution in [2.24, 2.45) is 5.73 Å². The number of aryl methyl sites for hydroxylation is 1. The van der Waals surface area contributed by atoms with Gasteiger partial charge in [0.25, 0.3) is 0 Å². The molecule has 0 amide bonds. The molecule has 16 heavy (non-hydrogen) atoms. The van der Waals surface area contributed by atoms with Gasteiger partial charge in [-0.2, -0.15) is 0 Å². The first kappa shape index (κ1) is 12.5. The maximum Gasteiger partial charge on any atom is 0.171 e. The first-order valence-corrected chi connectivity index (χ1v) is 5.10. The molecular weight excluding hydrogens is 206 g/mol. The Bertz CT molecular complexity index is 388. The van der Waals surface area contributed by atoms with Crippen LogP contribution in [0.5, 0.6) is 11.5 Å². The van der Waals surface area contributed by atoms with E-state index in [2.05, 4.69) is 0 Å². The lowest BCUT2D eigenvalue weighted by atomic mass is 10.0. The fourth-order valence-corrected chi connectivity index (χ4v) is 1.57. The number of benzene rings is 1. The Labute approximate surface area is 95.3 Å². The fourth-order valence-electron chi connectivity index (χ4n) is 1.57. The van der Waals surface area contributed by atoms with Crippen LogP contribution in [0.4, 0.5) is 0 Å². The third-order valence-corrected chi connectivity index (χ3v) is 2.30. The molecule has 0 aliphatic rings. The number of ketones is 1. The molecule has 1 aromatic carbocycles. The first-order chi connectivity index (χ1) is 7.63. The van der Waals surface area contributed by atoms with Crippen LogP contribution in [0.3, 0.4) is 0 Å². The van der Waals surface area contributed by atoms with E-state index in [1.807, 2.05) is 13.0 Å². The van der Waals surface area contributed by atoms with E-state index in [-0.39, 0.29) is 5.78 Å². The molecule has 0 bridgehead atoms. The van der Waals surface area contributed by atoms with Gasteiger partial charge in [-0.15, -0.1) is 0 Å². The molecule has 0 saturated carbocycles. The molecule has 0 aliphatic heterocycles. The van der Waals surface area contributed by atoms with Gasteiger partial charge in [-0.1, -0.05) is 0 Å². The molecular formula is C12H17NO3. The molecule has 0 aliphatic carbocycles. The molecule has 0 saturated heterocycles. The van der Waals surface area contributed by atoms with Crippen LogP contribution < -0.4 is 15.2 Å². The number of ether oxygens (including phenoxy) is 2. The van der Waals surface area contributed by atoms with Crippen LogP contribution >= 0.6 is 0 Å². The zero-order valence-electron chi connectivity index (χ0n) is 9.87. The van der Waals surface area contributed by atoms with Crippen molar-refractivity contribution < 1.29 is 14.3 Å². The summed E-state index contributed by atoms with van der Waals surface area (Å²) in [6.45, 7) is 2.24. The Morgan fingerprint density at radius 2 is 2.00 bits per heavy atom. The monoisotopic (exact) mass is 223 g/mol. The summed E-state index contributed by atoms with van der Waals surface area (Å²) in [5, 5.41) is 0. The van der Waals surface area contributed by atoms with Crippen LogP contribution in [0.2, 0.25) is 0 Å².